The Balaban J connectivity index is 2.16. The molecule has 3 aromatic rings. The summed E-state index contributed by atoms with van der Waals surface area (Å²) in [5.74, 6) is 0.406. The van der Waals surface area contributed by atoms with E-state index >= 15 is 0 Å². The third kappa shape index (κ3) is 4.43. The van der Waals surface area contributed by atoms with E-state index in [4.69, 9.17) is 4.74 Å². The maximum Gasteiger partial charge on any atom is 0.312 e. The van der Waals surface area contributed by atoms with Crippen molar-refractivity contribution in [1.82, 2.24) is 9.66 Å². The number of halogens is 2. The minimum Gasteiger partial charge on any atom is -0.482 e. The SMILES string of the molecule is C=CCOc1c(C=Nn2c(C)nc3ccc(Br)cc3c2=O)cc(Br)cc1[N+](=O)[O-]. The summed E-state index contributed by atoms with van der Waals surface area (Å²) in [6.45, 7) is 5.28. The number of nitro groups is 1. The van der Waals surface area contributed by atoms with Crippen molar-refractivity contribution in [3.05, 3.63) is 83.8 Å². The van der Waals surface area contributed by atoms with Crippen LogP contribution in [0.5, 0.6) is 5.75 Å². The van der Waals surface area contributed by atoms with Crippen molar-refractivity contribution in [3.8, 4) is 5.75 Å². The Kier molecular flexibility index (Phi) is 6.23. The molecule has 0 aliphatic carbocycles. The molecule has 0 radical (unpaired) electrons. The molecule has 0 amide bonds. The lowest BCUT2D eigenvalue weighted by atomic mass is 10.2. The summed E-state index contributed by atoms with van der Waals surface area (Å²) < 4.78 is 7.84. The molecule has 0 N–H and O–H groups in total. The van der Waals surface area contributed by atoms with Crippen LogP contribution < -0.4 is 10.3 Å². The number of fused-ring (bicyclic) bond motifs is 1. The van der Waals surface area contributed by atoms with Crippen LogP contribution in [0.4, 0.5) is 5.69 Å². The zero-order valence-corrected chi connectivity index (χ0v) is 18.3. The number of aromatic nitrogens is 2. The highest BCUT2D eigenvalue weighted by Crippen LogP contribution is 2.34. The highest BCUT2D eigenvalue weighted by atomic mass is 79.9. The number of hydrogen-bond acceptors (Lipinski definition) is 6. The van der Waals surface area contributed by atoms with Crippen LogP contribution in [0.2, 0.25) is 0 Å². The fourth-order valence-electron chi connectivity index (χ4n) is 2.65. The van der Waals surface area contributed by atoms with Gasteiger partial charge in [0.15, 0.2) is 0 Å². The molecule has 0 spiro atoms. The molecule has 0 aliphatic rings. The molecule has 0 saturated carbocycles. The zero-order chi connectivity index (χ0) is 21.1. The van der Waals surface area contributed by atoms with Crippen LogP contribution in [-0.2, 0) is 0 Å². The van der Waals surface area contributed by atoms with Crippen molar-refractivity contribution >= 4 is 54.7 Å². The van der Waals surface area contributed by atoms with Crippen molar-refractivity contribution < 1.29 is 9.66 Å². The third-order valence-corrected chi connectivity index (χ3v) is 4.84. The summed E-state index contributed by atoms with van der Waals surface area (Å²) in [5, 5.41) is 16.0. The predicted molar refractivity (Wildman–Crippen MR) is 118 cm³/mol. The van der Waals surface area contributed by atoms with Gasteiger partial charge in [-0.3, -0.25) is 14.9 Å². The Labute approximate surface area is 181 Å². The molecule has 148 valence electrons. The number of nitro benzene ring substituents is 1. The Morgan fingerprint density at radius 1 is 1.31 bits per heavy atom. The quantitative estimate of drug-likeness (QED) is 0.204. The number of aryl methyl sites for hydroxylation is 1. The van der Waals surface area contributed by atoms with Crippen LogP contribution in [0, 0.1) is 17.0 Å². The van der Waals surface area contributed by atoms with Crippen molar-refractivity contribution in [3.63, 3.8) is 0 Å². The molecule has 0 bridgehead atoms. The Bertz CT molecular complexity index is 1220. The smallest absolute Gasteiger partial charge is 0.312 e. The molecule has 0 atom stereocenters. The summed E-state index contributed by atoms with van der Waals surface area (Å²) in [4.78, 5) is 28.1. The zero-order valence-electron chi connectivity index (χ0n) is 15.1. The molecule has 0 unspecified atom stereocenters. The molecule has 1 heterocycles. The lowest BCUT2D eigenvalue weighted by Crippen LogP contribution is -2.20. The van der Waals surface area contributed by atoms with Crippen LogP contribution in [0.15, 0.2) is 61.8 Å². The largest absolute Gasteiger partial charge is 0.482 e. The first-order valence-corrected chi connectivity index (χ1v) is 9.85. The van der Waals surface area contributed by atoms with Gasteiger partial charge in [-0.2, -0.15) is 9.78 Å². The lowest BCUT2D eigenvalue weighted by Gasteiger charge is -2.09. The summed E-state index contributed by atoms with van der Waals surface area (Å²) in [5.41, 5.74) is 0.291. The fraction of sp³-hybridized carbons (Fsp3) is 0.105. The molecule has 3 rings (SSSR count). The number of hydrogen-bond donors (Lipinski definition) is 0. The van der Waals surface area contributed by atoms with E-state index in [1.807, 2.05) is 0 Å². The van der Waals surface area contributed by atoms with Crippen LogP contribution in [0.1, 0.15) is 11.4 Å². The first kappa shape index (κ1) is 20.9. The van der Waals surface area contributed by atoms with E-state index in [-0.39, 0.29) is 23.6 Å². The van der Waals surface area contributed by atoms with Gasteiger partial charge in [0.25, 0.3) is 5.56 Å². The van der Waals surface area contributed by atoms with Crippen LogP contribution in [0.25, 0.3) is 10.9 Å². The summed E-state index contributed by atoms with van der Waals surface area (Å²) in [6.07, 6.45) is 2.81. The Morgan fingerprint density at radius 2 is 2.07 bits per heavy atom. The summed E-state index contributed by atoms with van der Waals surface area (Å²) in [6, 6.07) is 8.15. The molecule has 0 aliphatic heterocycles. The second kappa shape index (κ2) is 8.66. The van der Waals surface area contributed by atoms with Crippen molar-refractivity contribution in [2.24, 2.45) is 5.10 Å². The van der Waals surface area contributed by atoms with Gasteiger partial charge in [0.05, 0.1) is 22.0 Å². The van der Waals surface area contributed by atoms with Gasteiger partial charge < -0.3 is 4.74 Å². The van der Waals surface area contributed by atoms with Gasteiger partial charge in [-0.05, 0) is 31.2 Å². The van der Waals surface area contributed by atoms with Gasteiger partial charge in [0.2, 0.25) is 5.75 Å². The normalized spacial score (nSPS) is 11.1. The van der Waals surface area contributed by atoms with E-state index in [1.54, 1.807) is 31.2 Å². The minimum absolute atomic E-state index is 0.0315. The van der Waals surface area contributed by atoms with Crippen LogP contribution in [0.3, 0.4) is 0 Å². The first-order valence-electron chi connectivity index (χ1n) is 8.26. The lowest BCUT2D eigenvalue weighted by molar-refractivity contribution is -0.385. The molecule has 29 heavy (non-hydrogen) atoms. The molecule has 1 aromatic heterocycles. The van der Waals surface area contributed by atoms with Gasteiger partial charge in [-0.1, -0.05) is 44.5 Å². The summed E-state index contributed by atoms with van der Waals surface area (Å²) in [7, 11) is 0. The van der Waals surface area contributed by atoms with Crippen LogP contribution >= 0.6 is 31.9 Å². The number of ether oxygens (including phenoxy) is 1. The second-order valence-corrected chi connectivity index (χ2v) is 7.71. The monoisotopic (exact) mass is 520 g/mol. The van der Waals surface area contributed by atoms with Crippen molar-refractivity contribution in [2.75, 3.05) is 6.61 Å². The predicted octanol–water partition coefficient (Wildman–Crippen LogP) is 4.59. The first-order chi connectivity index (χ1) is 13.8. The molecule has 8 nitrogen and oxygen atoms in total. The molecule has 10 heteroatoms. The Hall–Kier alpha value is -2.85. The molecule has 0 fully saturated rings. The number of benzene rings is 2. The summed E-state index contributed by atoms with van der Waals surface area (Å²) >= 11 is 6.59. The van der Waals surface area contributed by atoms with Crippen molar-refractivity contribution in [1.29, 1.82) is 0 Å². The van der Waals surface area contributed by atoms with Gasteiger partial charge in [-0.15, -0.1) is 0 Å². The minimum atomic E-state index is -0.549. The topological polar surface area (TPSA) is 99.6 Å². The average Bonchev–Trinajstić information content (AvgIpc) is 2.67. The maximum atomic E-state index is 12.8. The average molecular weight is 522 g/mol. The highest BCUT2D eigenvalue weighted by molar-refractivity contribution is 9.10. The standard InChI is InChI=1S/C19H14Br2N4O4/c1-3-6-29-18-12(7-14(21)9-17(18)25(27)28)10-22-24-11(2)23-16-5-4-13(20)8-15(16)19(24)26/h3-5,7-10H,1,6H2,2H3. The third-order valence-electron chi connectivity index (χ3n) is 3.89. The van der Waals surface area contributed by atoms with E-state index in [0.717, 1.165) is 9.15 Å². The number of nitrogens with zero attached hydrogens (tertiary/aromatic N) is 4. The van der Waals surface area contributed by atoms with E-state index in [2.05, 4.69) is 48.5 Å². The molecule has 2 aromatic carbocycles. The fourth-order valence-corrected chi connectivity index (χ4v) is 3.47. The van der Waals surface area contributed by atoms with E-state index in [9.17, 15) is 14.9 Å². The van der Waals surface area contributed by atoms with E-state index in [0.29, 0.717) is 26.8 Å². The van der Waals surface area contributed by atoms with Gasteiger partial charge >= 0.3 is 5.69 Å². The number of rotatable bonds is 6. The van der Waals surface area contributed by atoms with Gasteiger partial charge in [0, 0.05) is 20.6 Å². The van der Waals surface area contributed by atoms with Gasteiger partial charge in [-0.25, -0.2) is 4.98 Å². The highest BCUT2D eigenvalue weighted by Gasteiger charge is 2.20. The van der Waals surface area contributed by atoms with Crippen molar-refractivity contribution in [2.45, 2.75) is 6.92 Å². The molecule has 0 saturated heterocycles. The molecular formula is C19H14Br2N4O4. The maximum absolute atomic E-state index is 12.8. The van der Waals surface area contributed by atoms with Crippen LogP contribution in [-0.4, -0.2) is 27.4 Å². The van der Waals surface area contributed by atoms with Gasteiger partial charge in [0.1, 0.15) is 12.4 Å². The molecular weight excluding hydrogens is 508 g/mol. The van der Waals surface area contributed by atoms with E-state index in [1.165, 1.54) is 18.4 Å². The Morgan fingerprint density at radius 3 is 2.76 bits per heavy atom. The van der Waals surface area contributed by atoms with E-state index < -0.39 is 4.92 Å². The second-order valence-electron chi connectivity index (χ2n) is 5.88.